The van der Waals surface area contributed by atoms with E-state index in [0.717, 1.165) is 12.4 Å². The van der Waals surface area contributed by atoms with E-state index in [9.17, 15) is 0 Å². The molecule has 0 bridgehead atoms. The van der Waals surface area contributed by atoms with Crippen LogP contribution in [0, 0.1) is 0 Å². The van der Waals surface area contributed by atoms with Crippen molar-refractivity contribution in [3.63, 3.8) is 0 Å². The first kappa shape index (κ1) is 11.5. The van der Waals surface area contributed by atoms with Gasteiger partial charge in [0.25, 0.3) is 0 Å². The van der Waals surface area contributed by atoms with E-state index in [1.165, 1.54) is 42.1 Å². The molecule has 18 heavy (non-hydrogen) atoms. The van der Waals surface area contributed by atoms with Crippen molar-refractivity contribution >= 4 is 16.6 Å². The fourth-order valence-corrected chi connectivity index (χ4v) is 2.33. The number of fused-ring (bicyclic) bond motifs is 1. The number of rotatable bonds is 5. The Balaban J connectivity index is 1.97. The summed E-state index contributed by atoms with van der Waals surface area (Å²) in [7, 11) is 0. The van der Waals surface area contributed by atoms with Crippen molar-refractivity contribution in [2.75, 3.05) is 11.9 Å². The summed E-state index contributed by atoms with van der Waals surface area (Å²) in [6, 6.07) is 10.8. The van der Waals surface area contributed by atoms with Gasteiger partial charge < -0.3 is 5.32 Å². The van der Waals surface area contributed by atoms with E-state index in [1.54, 1.807) is 0 Å². The lowest BCUT2D eigenvalue weighted by Crippen LogP contribution is -2.04. The van der Waals surface area contributed by atoms with Crippen LogP contribution in [0.2, 0.25) is 0 Å². The van der Waals surface area contributed by atoms with E-state index in [4.69, 9.17) is 4.98 Å². The van der Waals surface area contributed by atoms with Gasteiger partial charge in [0.15, 0.2) is 0 Å². The summed E-state index contributed by atoms with van der Waals surface area (Å²) in [6.07, 6.45) is 5.02. The normalized spacial score (nSPS) is 14.9. The third kappa shape index (κ3) is 2.33. The molecule has 1 N–H and O–H groups in total. The van der Waals surface area contributed by atoms with E-state index in [2.05, 4.69) is 42.6 Å². The molecule has 94 valence electrons. The van der Waals surface area contributed by atoms with Crippen LogP contribution in [-0.2, 0) is 0 Å². The number of pyridine rings is 1. The van der Waals surface area contributed by atoms with Crippen LogP contribution in [0.1, 0.15) is 44.2 Å². The highest BCUT2D eigenvalue weighted by Crippen LogP contribution is 2.40. The summed E-state index contributed by atoms with van der Waals surface area (Å²) < 4.78 is 0. The monoisotopic (exact) mass is 240 g/mol. The fraction of sp³-hybridized carbons (Fsp3) is 0.438. The van der Waals surface area contributed by atoms with Gasteiger partial charge >= 0.3 is 0 Å². The molecule has 2 nitrogen and oxygen atoms in total. The van der Waals surface area contributed by atoms with Gasteiger partial charge in [-0.05, 0) is 30.7 Å². The highest BCUT2D eigenvalue weighted by Gasteiger charge is 2.25. The SMILES string of the molecule is CCCCNc1nc(C2CC2)cc2ccccc12. The Morgan fingerprint density at radius 1 is 1.28 bits per heavy atom. The minimum atomic E-state index is 0.710. The molecule has 1 aromatic heterocycles. The first-order chi connectivity index (χ1) is 8.88. The molecule has 0 unspecified atom stereocenters. The molecule has 3 rings (SSSR count). The summed E-state index contributed by atoms with van der Waals surface area (Å²) in [6.45, 7) is 3.23. The van der Waals surface area contributed by atoms with E-state index in [-0.39, 0.29) is 0 Å². The van der Waals surface area contributed by atoms with Crippen LogP contribution in [0.3, 0.4) is 0 Å². The summed E-state index contributed by atoms with van der Waals surface area (Å²) in [5, 5.41) is 6.06. The Labute approximate surface area is 108 Å². The molecule has 0 aliphatic heterocycles. The van der Waals surface area contributed by atoms with E-state index in [1.807, 2.05) is 0 Å². The molecular weight excluding hydrogens is 220 g/mol. The van der Waals surface area contributed by atoms with Gasteiger partial charge in [0.05, 0.1) is 0 Å². The second-order valence-corrected chi connectivity index (χ2v) is 5.17. The second kappa shape index (κ2) is 4.97. The molecule has 0 radical (unpaired) electrons. The van der Waals surface area contributed by atoms with Crippen molar-refractivity contribution in [2.45, 2.75) is 38.5 Å². The average molecular weight is 240 g/mol. The second-order valence-electron chi connectivity index (χ2n) is 5.17. The minimum absolute atomic E-state index is 0.710. The van der Waals surface area contributed by atoms with Gasteiger partial charge in [-0.15, -0.1) is 0 Å². The molecule has 2 aromatic rings. The van der Waals surface area contributed by atoms with Crippen LogP contribution in [0.4, 0.5) is 5.82 Å². The van der Waals surface area contributed by atoms with Crippen LogP contribution < -0.4 is 5.32 Å². The summed E-state index contributed by atoms with van der Waals surface area (Å²) in [4.78, 5) is 4.82. The fourth-order valence-electron chi connectivity index (χ4n) is 2.33. The van der Waals surface area contributed by atoms with Gasteiger partial charge in [0, 0.05) is 23.5 Å². The molecule has 0 spiro atoms. The Hall–Kier alpha value is -1.57. The van der Waals surface area contributed by atoms with E-state index >= 15 is 0 Å². The van der Waals surface area contributed by atoms with Crippen LogP contribution in [0.15, 0.2) is 30.3 Å². The highest BCUT2D eigenvalue weighted by atomic mass is 15.0. The van der Waals surface area contributed by atoms with Crippen molar-refractivity contribution in [1.29, 1.82) is 0 Å². The number of unbranched alkanes of at least 4 members (excludes halogenated alkanes) is 1. The molecule has 2 heteroatoms. The number of nitrogens with zero attached hydrogens (tertiary/aromatic N) is 1. The predicted octanol–water partition coefficient (Wildman–Crippen LogP) is 4.32. The zero-order valence-corrected chi connectivity index (χ0v) is 10.9. The maximum Gasteiger partial charge on any atom is 0.134 e. The summed E-state index contributed by atoms with van der Waals surface area (Å²) >= 11 is 0. The quantitative estimate of drug-likeness (QED) is 0.787. The Kier molecular flexibility index (Phi) is 3.18. The van der Waals surface area contributed by atoms with Crippen molar-refractivity contribution in [3.8, 4) is 0 Å². The van der Waals surface area contributed by atoms with Gasteiger partial charge in [0.1, 0.15) is 5.82 Å². The number of nitrogens with one attached hydrogen (secondary N) is 1. The lowest BCUT2D eigenvalue weighted by molar-refractivity contribution is 0.830. The largest absolute Gasteiger partial charge is 0.370 e. The lowest BCUT2D eigenvalue weighted by Gasteiger charge is -2.11. The van der Waals surface area contributed by atoms with Gasteiger partial charge in [-0.1, -0.05) is 37.6 Å². The van der Waals surface area contributed by atoms with Crippen molar-refractivity contribution < 1.29 is 0 Å². The minimum Gasteiger partial charge on any atom is -0.370 e. The van der Waals surface area contributed by atoms with Crippen molar-refractivity contribution in [2.24, 2.45) is 0 Å². The van der Waals surface area contributed by atoms with Gasteiger partial charge in [-0.25, -0.2) is 4.98 Å². The maximum atomic E-state index is 4.82. The molecule has 1 saturated carbocycles. The smallest absolute Gasteiger partial charge is 0.134 e. The van der Waals surface area contributed by atoms with Crippen LogP contribution in [0.25, 0.3) is 10.8 Å². The first-order valence-electron chi connectivity index (χ1n) is 7.02. The van der Waals surface area contributed by atoms with Crippen molar-refractivity contribution in [3.05, 3.63) is 36.0 Å². The van der Waals surface area contributed by atoms with E-state index in [0.29, 0.717) is 5.92 Å². The molecule has 1 aliphatic rings. The Bertz CT molecular complexity index is 544. The highest BCUT2D eigenvalue weighted by molar-refractivity contribution is 5.92. The predicted molar refractivity (Wildman–Crippen MR) is 77.1 cm³/mol. The van der Waals surface area contributed by atoms with Crippen LogP contribution >= 0.6 is 0 Å². The molecule has 1 fully saturated rings. The zero-order valence-electron chi connectivity index (χ0n) is 10.9. The molecule has 1 heterocycles. The van der Waals surface area contributed by atoms with Gasteiger partial charge in [-0.3, -0.25) is 0 Å². The molecule has 0 atom stereocenters. The van der Waals surface area contributed by atoms with Crippen LogP contribution in [0.5, 0.6) is 0 Å². The Morgan fingerprint density at radius 3 is 2.89 bits per heavy atom. The van der Waals surface area contributed by atoms with E-state index < -0.39 is 0 Å². The standard InChI is InChI=1S/C16H20N2/c1-2-3-10-17-16-14-7-5-4-6-13(14)11-15(18-16)12-8-9-12/h4-7,11-12H,2-3,8-10H2,1H3,(H,17,18). The zero-order chi connectivity index (χ0) is 12.4. The molecule has 1 aromatic carbocycles. The molecule has 0 saturated heterocycles. The van der Waals surface area contributed by atoms with Gasteiger partial charge in [0.2, 0.25) is 0 Å². The molecule has 1 aliphatic carbocycles. The summed E-state index contributed by atoms with van der Waals surface area (Å²) in [5.74, 6) is 1.78. The number of benzene rings is 1. The third-order valence-electron chi connectivity index (χ3n) is 3.58. The molecular formula is C16H20N2. The molecule has 0 amide bonds. The third-order valence-corrected chi connectivity index (χ3v) is 3.58. The topological polar surface area (TPSA) is 24.9 Å². The van der Waals surface area contributed by atoms with Gasteiger partial charge in [-0.2, -0.15) is 0 Å². The average Bonchev–Trinajstić information content (AvgIpc) is 3.23. The lowest BCUT2D eigenvalue weighted by atomic mass is 10.1. The first-order valence-corrected chi connectivity index (χ1v) is 7.02. The number of hydrogen-bond acceptors (Lipinski definition) is 2. The number of hydrogen-bond donors (Lipinski definition) is 1. The van der Waals surface area contributed by atoms with Crippen molar-refractivity contribution in [1.82, 2.24) is 4.98 Å². The number of anilines is 1. The van der Waals surface area contributed by atoms with Crippen LogP contribution in [-0.4, -0.2) is 11.5 Å². The Morgan fingerprint density at radius 2 is 2.11 bits per heavy atom. The summed E-state index contributed by atoms with van der Waals surface area (Å²) in [5.41, 5.74) is 1.27. The number of aromatic nitrogens is 1. The maximum absolute atomic E-state index is 4.82.